The van der Waals surface area contributed by atoms with Gasteiger partial charge in [-0.15, -0.1) is 0 Å². The van der Waals surface area contributed by atoms with Gasteiger partial charge in [0.2, 0.25) is 0 Å². The fourth-order valence-corrected chi connectivity index (χ4v) is 2.32. The smallest absolute Gasteiger partial charge is 0.341 e. The first-order valence-corrected chi connectivity index (χ1v) is 6.56. The van der Waals surface area contributed by atoms with Gasteiger partial charge in [0.05, 0.1) is 5.69 Å². The molecule has 0 aliphatic rings. The Bertz CT molecular complexity index is 632. The highest BCUT2D eigenvalue weighted by Crippen LogP contribution is 2.18. The van der Waals surface area contributed by atoms with Gasteiger partial charge >= 0.3 is 5.97 Å². The minimum Gasteiger partial charge on any atom is -0.477 e. The van der Waals surface area contributed by atoms with Gasteiger partial charge in [0, 0.05) is 13.6 Å². The largest absolute Gasteiger partial charge is 0.477 e. The number of aromatic carboxylic acids is 1. The molecule has 0 unspecified atom stereocenters. The van der Waals surface area contributed by atoms with E-state index < -0.39 is 5.97 Å². The average molecular weight is 273 g/mol. The summed E-state index contributed by atoms with van der Waals surface area (Å²) in [5.41, 5.74) is 3.28. The predicted octanol–water partition coefficient (Wildman–Crippen LogP) is 2.39. The fourth-order valence-electron chi connectivity index (χ4n) is 2.32. The van der Waals surface area contributed by atoms with Crippen LogP contribution >= 0.6 is 0 Å². The summed E-state index contributed by atoms with van der Waals surface area (Å²) in [6.07, 6.45) is 0.843. The van der Waals surface area contributed by atoms with Crippen LogP contribution in [-0.4, -0.2) is 27.4 Å². The molecule has 2 N–H and O–H groups in total. The highest BCUT2D eigenvalue weighted by molar-refractivity contribution is 5.94. The molecule has 5 heteroatoms. The monoisotopic (exact) mass is 273 g/mol. The van der Waals surface area contributed by atoms with E-state index in [-0.39, 0.29) is 5.56 Å². The lowest BCUT2D eigenvalue weighted by molar-refractivity contribution is 0.0697. The van der Waals surface area contributed by atoms with E-state index in [2.05, 4.69) is 29.5 Å². The zero-order valence-corrected chi connectivity index (χ0v) is 12.0. The number of hydrogen-bond acceptors (Lipinski definition) is 3. The number of rotatable bonds is 5. The average Bonchev–Trinajstić information content (AvgIpc) is 2.66. The van der Waals surface area contributed by atoms with Crippen LogP contribution < -0.4 is 5.32 Å². The fraction of sp³-hybridized carbons (Fsp3) is 0.333. The molecular formula is C15H19N3O2. The summed E-state index contributed by atoms with van der Waals surface area (Å²) in [5.74, 6) is -0.391. The molecule has 20 heavy (non-hydrogen) atoms. The summed E-state index contributed by atoms with van der Waals surface area (Å²) in [7, 11) is 1.75. The predicted molar refractivity (Wildman–Crippen MR) is 78.3 cm³/mol. The van der Waals surface area contributed by atoms with Crippen LogP contribution in [0.4, 0.5) is 5.82 Å². The highest BCUT2D eigenvalue weighted by atomic mass is 16.4. The number of carboxylic acid groups (broad SMARTS) is 1. The normalized spacial score (nSPS) is 10.6. The second-order valence-corrected chi connectivity index (χ2v) is 4.84. The van der Waals surface area contributed by atoms with Crippen molar-refractivity contribution in [2.45, 2.75) is 20.3 Å². The molecule has 2 rings (SSSR count). The lowest BCUT2D eigenvalue weighted by Gasteiger charge is -2.09. The number of benzene rings is 1. The first-order valence-electron chi connectivity index (χ1n) is 6.56. The van der Waals surface area contributed by atoms with Crippen LogP contribution in [0.25, 0.3) is 0 Å². The number of nitrogens with one attached hydrogen (secondary N) is 1. The van der Waals surface area contributed by atoms with Gasteiger partial charge in [0.15, 0.2) is 0 Å². The summed E-state index contributed by atoms with van der Waals surface area (Å²) in [6.45, 7) is 4.45. The minimum absolute atomic E-state index is 0.247. The summed E-state index contributed by atoms with van der Waals surface area (Å²) in [6, 6.07) is 8.19. The molecule has 106 valence electrons. The van der Waals surface area contributed by atoms with Crippen molar-refractivity contribution >= 4 is 11.8 Å². The van der Waals surface area contributed by atoms with Crippen molar-refractivity contribution in [3.05, 3.63) is 46.6 Å². The summed E-state index contributed by atoms with van der Waals surface area (Å²) >= 11 is 0. The number of aryl methyl sites for hydroxylation is 3. The van der Waals surface area contributed by atoms with E-state index in [1.54, 1.807) is 18.7 Å². The molecule has 0 atom stereocenters. The third-order valence-electron chi connectivity index (χ3n) is 3.38. The highest BCUT2D eigenvalue weighted by Gasteiger charge is 2.19. The molecular weight excluding hydrogens is 254 g/mol. The first-order chi connectivity index (χ1) is 9.50. The lowest BCUT2D eigenvalue weighted by Crippen LogP contribution is -2.12. The van der Waals surface area contributed by atoms with E-state index >= 15 is 0 Å². The second kappa shape index (κ2) is 5.77. The number of anilines is 1. The van der Waals surface area contributed by atoms with E-state index in [0.29, 0.717) is 18.1 Å². The maximum atomic E-state index is 11.2. The third-order valence-corrected chi connectivity index (χ3v) is 3.38. The van der Waals surface area contributed by atoms with Gasteiger partial charge in [-0.25, -0.2) is 4.79 Å². The van der Waals surface area contributed by atoms with E-state index in [9.17, 15) is 9.90 Å². The number of nitrogens with zero attached hydrogens (tertiary/aromatic N) is 2. The molecule has 0 saturated heterocycles. The van der Waals surface area contributed by atoms with Crippen LogP contribution in [0.5, 0.6) is 0 Å². The molecule has 1 aromatic heterocycles. The van der Waals surface area contributed by atoms with Crippen molar-refractivity contribution in [3.63, 3.8) is 0 Å². The molecule has 0 spiro atoms. The van der Waals surface area contributed by atoms with Gasteiger partial charge in [0.25, 0.3) is 0 Å². The Balaban J connectivity index is 2.09. The maximum absolute atomic E-state index is 11.2. The quantitative estimate of drug-likeness (QED) is 0.877. The van der Waals surface area contributed by atoms with Gasteiger partial charge < -0.3 is 10.4 Å². The Hall–Kier alpha value is -2.30. The van der Waals surface area contributed by atoms with Gasteiger partial charge in [-0.1, -0.05) is 24.3 Å². The van der Waals surface area contributed by atoms with E-state index in [1.165, 1.54) is 11.1 Å². The van der Waals surface area contributed by atoms with Gasteiger partial charge in [-0.05, 0) is 31.4 Å². The van der Waals surface area contributed by atoms with Crippen molar-refractivity contribution in [1.82, 2.24) is 9.78 Å². The lowest BCUT2D eigenvalue weighted by atomic mass is 10.1. The van der Waals surface area contributed by atoms with Crippen LogP contribution in [0.1, 0.15) is 27.2 Å². The molecule has 0 aliphatic carbocycles. The van der Waals surface area contributed by atoms with E-state index in [1.807, 2.05) is 12.1 Å². The number of carbonyl (C=O) groups is 1. The third kappa shape index (κ3) is 2.82. The summed E-state index contributed by atoms with van der Waals surface area (Å²) in [4.78, 5) is 11.2. The van der Waals surface area contributed by atoms with Crippen molar-refractivity contribution in [2.24, 2.45) is 7.05 Å². The van der Waals surface area contributed by atoms with Gasteiger partial charge in [-0.2, -0.15) is 5.10 Å². The maximum Gasteiger partial charge on any atom is 0.341 e. The molecule has 1 aromatic carbocycles. The molecule has 0 radical (unpaired) electrons. The Labute approximate surface area is 118 Å². The van der Waals surface area contributed by atoms with Crippen LogP contribution in [0.15, 0.2) is 24.3 Å². The van der Waals surface area contributed by atoms with Crippen LogP contribution in [-0.2, 0) is 13.5 Å². The molecule has 0 aliphatic heterocycles. The van der Waals surface area contributed by atoms with Crippen molar-refractivity contribution in [1.29, 1.82) is 0 Å². The SMILES string of the molecule is Cc1ccccc1CCNc1c(C(=O)O)c(C)nn1C. The van der Waals surface area contributed by atoms with Crippen LogP contribution in [0, 0.1) is 13.8 Å². The summed E-state index contributed by atoms with van der Waals surface area (Å²) in [5, 5.41) is 16.6. The van der Waals surface area contributed by atoms with E-state index in [0.717, 1.165) is 6.42 Å². The first kappa shape index (κ1) is 14.1. The minimum atomic E-state index is -0.950. The van der Waals surface area contributed by atoms with Gasteiger partial charge in [0.1, 0.15) is 11.4 Å². The summed E-state index contributed by atoms with van der Waals surface area (Å²) < 4.78 is 1.58. The van der Waals surface area contributed by atoms with E-state index in [4.69, 9.17) is 0 Å². The molecule has 0 fully saturated rings. The Morgan fingerprint density at radius 1 is 1.35 bits per heavy atom. The zero-order chi connectivity index (χ0) is 14.7. The van der Waals surface area contributed by atoms with Crippen LogP contribution in [0.2, 0.25) is 0 Å². The molecule has 2 aromatic rings. The topological polar surface area (TPSA) is 67.2 Å². The van der Waals surface area contributed by atoms with Crippen molar-refractivity contribution in [2.75, 3.05) is 11.9 Å². The Kier molecular flexibility index (Phi) is 4.08. The van der Waals surface area contributed by atoms with Gasteiger partial charge in [-0.3, -0.25) is 4.68 Å². The molecule has 1 heterocycles. The van der Waals surface area contributed by atoms with Crippen LogP contribution in [0.3, 0.4) is 0 Å². The van der Waals surface area contributed by atoms with Crippen molar-refractivity contribution in [3.8, 4) is 0 Å². The van der Waals surface area contributed by atoms with Crippen molar-refractivity contribution < 1.29 is 9.90 Å². The second-order valence-electron chi connectivity index (χ2n) is 4.84. The zero-order valence-electron chi connectivity index (χ0n) is 12.0. The number of aromatic nitrogens is 2. The number of hydrogen-bond donors (Lipinski definition) is 2. The molecule has 5 nitrogen and oxygen atoms in total. The number of carboxylic acids is 1. The molecule has 0 saturated carbocycles. The Morgan fingerprint density at radius 2 is 2.05 bits per heavy atom. The molecule has 0 bridgehead atoms. The molecule has 0 amide bonds. The Morgan fingerprint density at radius 3 is 2.70 bits per heavy atom. The standard InChI is InChI=1S/C15H19N3O2/c1-10-6-4-5-7-12(10)8-9-16-14-13(15(19)20)11(2)17-18(14)3/h4-7,16H,8-9H2,1-3H3,(H,19,20).